The number of fused-ring (bicyclic) bond motifs is 2. The van der Waals surface area contributed by atoms with E-state index in [0.29, 0.717) is 17.5 Å². The van der Waals surface area contributed by atoms with E-state index in [0.717, 1.165) is 12.8 Å². The Morgan fingerprint density at radius 3 is 2.57 bits per heavy atom. The van der Waals surface area contributed by atoms with Crippen LogP contribution in [0.1, 0.15) is 46.1 Å². The van der Waals surface area contributed by atoms with E-state index in [2.05, 4.69) is 84.9 Å². The quantitative estimate of drug-likeness (QED) is 0.486. The summed E-state index contributed by atoms with van der Waals surface area (Å²) >= 11 is 1.69. The van der Waals surface area contributed by atoms with Crippen molar-refractivity contribution in [2.75, 3.05) is 5.75 Å². The molecular formula is C26H22OS. The number of rotatable bonds is 5. The van der Waals surface area contributed by atoms with E-state index in [1.54, 1.807) is 11.8 Å². The number of thioether (sulfide) groups is 1. The average Bonchev–Trinajstić information content (AvgIpc) is 3.37. The van der Waals surface area contributed by atoms with Crippen molar-refractivity contribution in [3.8, 4) is 0 Å². The summed E-state index contributed by atoms with van der Waals surface area (Å²) in [4.78, 5) is 14.1. The van der Waals surface area contributed by atoms with Crippen LogP contribution in [0.2, 0.25) is 0 Å². The number of carbonyl (C=O) groups excluding carboxylic acids is 1. The second-order valence-corrected chi connectivity index (χ2v) is 8.57. The smallest absolute Gasteiger partial charge is 0.150 e. The van der Waals surface area contributed by atoms with Gasteiger partial charge in [0.2, 0.25) is 0 Å². The molecule has 2 atom stereocenters. The van der Waals surface area contributed by atoms with Crippen LogP contribution in [0.25, 0.3) is 6.08 Å². The Labute approximate surface area is 170 Å². The summed E-state index contributed by atoms with van der Waals surface area (Å²) in [6.45, 7) is 0. The van der Waals surface area contributed by atoms with Crippen molar-refractivity contribution >= 4 is 23.6 Å². The number of allylic oxidation sites excluding steroid dienone is 1. The van der Waals surface area contributed by atoms with Crippen LogP contribution in [-0.4, -0.2) is 11.5 Å². The maximum Gasteiger partial charge on any atom is 0.150 e. The lowest BCUT2D eigenvalue weighted by atomic mass is 9.93. The average molecular weight is 383 g/mol. The van der Waals surface area contributed by atoms with Crippen molar-refractivity contribution in [3.63, 3.8) is 0 Å². The highest BCUT2D eigenvalue weighted by Gasteiger charge is 2.28. The molecule has 3 aromatic carbocycles. The molecule has 28 heavy (non-hydrogen) atoms. The predicted octanol–water partition coefficient (Wildman–Crippen LogP) is 6.24. The van der Waals surface area contributed by atoms with Crippen molar-refractivity contribution in [1.29, 1.82) is 0 Å². The number of ketones is 1. The second-order valence-electron chi connectivity index (χ2n) is 7.55. The lowest BCUT2D eigenvalue weighted by Gasteiger charge is -2.14. The standard InChI is InChI=1S/C26H22OS/c27-25(23-14-13-19-9-4-5-10-20(19)23)17-28-26-12-6-11-22-21(15-16-24(22)26)18-7-2-1-3-8-18/h1-12,15-16,21,23H,13-14,17H2. The lowest BCUT2D eigenvalue weighted by Crippen LogP contribution is -2.12. The third-order valence-electron chi connectivity index (χ3n) is 5.94. The van der Waals surface area contributed by atoms with E-state index in [-0.39, 0.29) is 5.92 Å². The van der Waals surface area contributed by atoms with Crippen molar-refractivity contribution in [3.05, 3.63) is 107 Å². The first-order valence-electron chi connectivity index (χ1n) is 9.90. The number of hydrogen-bond acceptors (Lipinski definition) is 2. The maximum absolute atomic E-state index is 12.9. The van der Waals surface area contributed by atoms with Crippen molar-refractivity contribution in [2.45, 2.75) is 29.6 Å². The predicted molar refractivity (Wildman–Crippen MR) is 117 cm³/mol. The fraction of sp³-hybridized carbons (Fsp3) is 0.192. The fourth-order valence-electron chi connectivity index (χ4n) is 4.52. The Kier molecular flexibility index (Phi) is 4.66. The summed E-state index contributed by atoms with van der Waals surface area (Å²) in [6, 6.07) is 25.5. The highest BCUT2D eigenvalue weighted by molar-refractivity contribution is 8.00. The van der Waals surface area contributed by atoms with Crippen LogP contribution >= 0.6 is 11.8 Å². The monoisotopic (exact) mass is 382 g/mol. The minimum Gasteiger partial charge on any atom is -0.298 e. The van der Waals surface area contributed by atoms with Gasteiger partial charge in [-0.15, -0.1) is 11.8 Å². The van der Waals surface area contributed by atoms with Gasteiger partial charge in [0, 0.05) is 16.7 Å². The third kappa shape index (κ3) is 3.12. The molecule has 0 aromatic heterocycles. The fourth-order valence-corrected chi connectivity index (χ4v) is 5.54. The van der Waals surface area contributed by atoms with Gasteiger partial charge in [0.1, 0.15) is 0 Å². The summed E-state index contributed by atoms with van der Waals surface area (Å²) in [5, 5.41) is 0. The van der Waals surface area contributed by atoms with Gasteiger partial charge in [-0.2, -0.15) is 0 Å². The molecule has 0 N–H and O–H groups in total. The minimum atomic E-state index is 0.0769. The molecule has 2 aliphatic rings. The summed E-state index contributed by atoms with van der Waals surface area (Å²) in [5.41, 5.74) is 6.53. The number of benzene rings is 3. The third-order valence-corrected chi connectivity index (χ3v) is 7.04. The molecule has 0 fully saturated rings. The van der Waals surface area contributed by atoms with E-state index >= 15 is 0 Å². The first-order chi connectivity index (χ1) is 13.8. The number of aryl methyl sites for hydroxylation is 1. The molecule has 0 heterocycles. The summed E-state index contributed by atoms with van der Waals surface area (Å²) < 4.78 is 0. The summed E-state index contributed by atoms with van der Waals surface area (Å²) in [5.74, 6) is 1.29. The molecule has 2 aliphatic carbocycles. The Morgan fingerprint density at radius 1 is 0.893 bits per heavy atom. The number of Topliss-reactive ketones (excluding diaryl/α,β-unsaturated/α-hetero) is 1. The summed E-state index contributed by atoms with van der Waals surface area (Å²) in [7, 11) is 0. The number of carbonyl (C=O) groups is 1. The molecule has 0 aliphatic heterocycles. The van der Waals surface area contributed by atoms with Crippen LogP contribution in [0.4, 0.5) is 0 Å². The largest absolute Gasteiger partial charge is 0.298 e. The molecule has 0 spiro atoms. The molecule has 1 nitrogen and oxygen atoms in total. The maximum atomic E-state index is 12.9. The van der Waals surface area contributed by atoms with E-state index < -0.39 is 0 Å². The van der Waals surface area contributed by atoms with Gasteiger partial charge < -0.3 is 0 Å². The van der Waals surface area contributed by atoms with Crippen LogP contribution in [0.15, 0.2) is 83.8 Å². The number of hydrogen-bond donors (Lipinski definition) is 0. The van der Waals surface area contributed by atoms with Crippen molar-refractivity contribution < 1.29 is 4.79 Å². The Morgan fingerprint density at radius 2 is 1.68 bits per heavy atom. The SMILES string of the molecule is O=C(CSc1cccc2c1C=CC2c1ccccc1)C1CCc2ccccc21. The van der Waals surface area contributed by atoms with Gasteiger partial charge in [-0.1, -0.05) is 78.9 Å². The minimum absolute atomic E-state index is 0.0769. The topological polar surface area (TPSA) is 17.1 Å². The van der Waals surface area contributed by atoms with Crippen LogP contribution in [0.3, 0.4) is 0 Å². The molecule has 2 heteroatoms. The molecule has 2 unspecified atom stereocenters. The molecule has 138 valence electrons. The van der Waals surface area contributed by atoms with Gasteiger partial charge >= 0.3 is 0 Å². The summed E-state index contributed by atoms with van der Waals surface area (Å²) in [6.07, 6.45) is 6.49. The molecule has 0 amide bonds. The Balaban J connectivity index is 1.33. The first kappa shape index (κ1) is 17.5. The van der Waals surface area contributed by atoms with E-state index in [9.17, 15) is 4.79 Å². The van der Waals surface area contributed by atoms with E-state index in [1.807, 2.05) is 0 Å². The van der Waals surface area contributed by atoms with Gasteiger partial charge in [0.15, 0.2) is 5.78 Å². The molecule has 0 radical (unpaired) electrons. The molecule has 0 saturated carbocycles. The zero-order chi connectivity index (χ0) is 18.9. The van der Waals surface area contributed by atoms with Gasteiger partial charge in [-0.25, -0.2) is 0 Å². The van der Waals surface area contributed by atoms with Crippen LogP contribution < -0.4 is 0 Å². The van der Waals surface area contributed by atoms with Crippen molar-refractivity contribution in [1.82, 2.24) is 0 Å². The zero-order valence-electron chi connectivity index (χ0n) is 15.7. The molecular weight excluding hydrogens is 360 g/mol. The Bertz CT molecular complexity index is 1050. The van der Waals surface area contributed by atoms with Crippen LogP contribution in [0, 0.1) is 0 Å². The van der Waals surface area contributed by atoms with E-state index in [1.165, 1.54) is 32.7 Å². The Hall–Kier alpha value is -2.58. The second kappa shape index (κ2) is 7.44. The van der Waals surface area contributed by atoms with Crippen molar-refractivity contribution in [2.24, 2.45) is 0 Å². The normalized spacial score (nSPS) is 19.4. The van der Waals surface area contributed by atoms with Crippen LogP contribution in [0.5, 0.6) is 0 Å². The highest BCUT2D eigenvalue weighted by atomic mass is 32.2. The lowest BCUT2D eigenvalue weighted by molar-refractivity contribution is -0.117. The highest BCUT2D eigenvalue weighted by Crippen LogP contribution is 2.41. The molecule has 0 saturated heterocycles. The molecule has 0 bridgehead atoms. The van der Waals surface area contributed by atoms with E-state index in [4.69, 9.17) is 0 Å². The zero-order valence-corrected chi connectivity index (χ0v) is 16.5. The van der Waals surface area contributed by atoms with Gasteiger partial charge in [0.05, 0.1) is 5.75 Å². The van der Waals surface area contributed by atoms with Gasteiger partial charge in [-0.05, 0) is 46.7 Å². The van der Waals surface area contributed by atoms with Crippen LogP contribution in [-0.2, 0) is 11.2 Å². The van der Waals surface area contributed by atoms with Gasteiger partial charge in [-0.3, -0.25) is 4.79 Å². The first-order valence-corrected chi connectivity index (χ1v) is 10.9. The molecule has 3 aromatic rings. The van der Waals surface area contributed by atoms with Gasteiger partial charge in [0.25, 0.3) is 0 Å². The molecule has 5 rings (SSSR count).